The lowest BCUT2D eigenvalue weighted by Crippen LogP contribution is -2.46. The lowest BCUT2D eigenvalue weighted by atomic mass is 10.2. The summed E-state index contributed by atoms with van der Waals surface area (Å²) in [5, 5.41) is 17.0. The van der Waals surface area contributed by atoms with Gasteiger partial charge in [0, 0.05) is 61.6 Å². The number of aryl methyl sites for hydroxylation is 1. The van der Waals surface area contributed by atoms with Crippen LogP contribution < -0.4 is 9.64 Å². The zero-order chi connectivity index (χ0) is 18.6. The van der Waals surface area contributed by atoms with Crippen LogP contribution in [0.15, 0.2) is 35.7 Å². The van der Waals surface area contributed by atoms with Crippen LogP contribution in [0.5, 0.6) is 5.88 Å². The number of nitrogens with zero attached hydrogens (tertiary/aromatic N) is 4. The first kappa shape index (κ1) is 18.3. The molecule has 144 valence electrons. The van der Waals surface area contributed by atoms with E-state index in [9.17, 15) is 5.11 Å². The number of thiophene rings is 1. The SMILES string of the molecule is Cn1nc(OCCCN2CCN(c3cccc4sccc34)CC2)cc1CO. The number of ether oxygens (including phenoxy) is 1. The lowest BCUT2D eigenvalue weighted by Gasteiger charge is -2.36. The molecule has 0 amide bonds. The van der Waals surface area contributed by atoms with E-state index in [2.05, 4.69) is 44.5 Å². The molecule has 4 rings (SSSR count). The fourth-order valence-corrected chi connectivity index (χ4v) is 4.43. The number of aromatic nitrogens is 2. The number of piperazine rings is 1. The van der Waals surface area contributed by atoms with Crippen LogP contribution in [0.1, 0.15) is 12.1 Å². The van der Waals surface area contributed by atoms with Crippen molar-refractivity contribution < 1.29 is 9.84 Å². The van der Waals surface area contributed by atoms with Crippen LogP contribution in [0, 0.1) is 0 Å². The molecule has 0 bridgehead atoms. The molecule has 0 radical (unpaired) electrons. The second-order valence-corrected chi connectivity index (χ2v) is 7.84. The summed E-state index contributed by atoms with van der Waals surface area (Å²) >= 11 is 1.81. The van der Waals surface area contributed by atoms with Gasteiger partial charge in [-0.2, -0.15) is 0 Å². The lowest BCUT2D eigenvalue weighted by molar-refractivity contribution is 0.221. The predicted molar refractivity (Wildman–Crippen MR) is 110 cm³/mol. The molecule has 3 aromatic rings. The maximum Gasteiger partial charge on any atom is 0.233 e. The molecule has 1 aliphatic heterocycles. The summed E-state index contributed by atoms with van der Waals surface area (Å²) < 4.78 is 8.73. The monoisotopic (exact) mass is 386 g/mol. The van der Waals surface area contributed by atoms with Gasteiger partial charge >= 0.3 is 0 Å². The Kier molecular flexibility index (Phi) is 5.61. The molecule has 2 aromatic heterocycles. The van der Waals surface area contributed by atoms with Crippen LogP contribution in [0.2, 0.25) is 0 Å². The fourth-order valence-electron chi connectivity index (χ4n) is 3.63. The Morgan fingerprint density at radius 1 is 1.19 bits per heavy atom. The average Bonchev–Trinajstić information content (AvgIpc) is 3.31. The van der Waals surface area contributed by atoms with Gasteiger partial charge in [-0.1, -0.05) is 6.07 Å². The largest absolute Gasteiger partial charge is 0.477 e. The number of anilines is 1. The van der Waals surface area contributed by atoms with E-state index in [4.69, 9.17) is 4.74 Å². The Morgan fingerprint density at radius 2 is 2.04 bits per heavy atom. The minimum Gasteiger partial charge on any atom is -0.477 e. The van der Waals surface area contributed by atoms with Crippen LogP contribution in [0.3, 0.4) is 0 Å². The van der Waals surface area contributed by atoms with Crippen LogP contribution in [-0.4, -0.2) is 59.1 Å². The molecule has 1 aliphatic rings. The molecule has 0 spiro atoms. The number of hydrogen-bond donors (Lipinski definition) is 1. The van der Waals surface area contributed by atoms with Crippen molar-refractivity contribution in [2.45, 2.75) is 13.0 Å². The zero-order valence-corrected chi connectivity index (χ0v) is 16.5. The van der Waals surface area contributed by atoms with E-state index in [1.807, 2.05) is 18.4 Å². The molecule has 1 N–H and O–H groups in total. The van der Waals surface area contributed by atoms with E-state index in [0.717, 1.165) is 44.8 Å². The topological polar surface area (TPSA) is 53.8 Å². The Morgan fingerprint density at radius 3 is 2.81 bits per heavy atom. The zero-order valence-electron chi connectivity index (χ0n) is 15.7. The van der Waals surface area contributed by atoms with Gasteiger partial charge in [0.15, 0.2) is 0 Å². The third-order valence-corrected chi connectivity index (χ3v) is 6.05. The maximum atomic E-state index is 9.20. The molecule has 0 aliphatic carbocycles. The summed E-state index contributed by atoms with van der Waals surface area (Å²) in [4.78, 5) is 5.01. The van der Waals surface area contributed by atoms with Gasteiger partial charge in [-0.05, 0) is 30.0 Å². The highest BCUT2D eigenvalue weighted by atomic mass is 32.1. The summed E-state index contributed by atoms with van der Waals surface area (Å²) in [5.41, 5.74) is 2.13. The van der Waals surface area contributed by atoms with Gasteiger partial charge in [-0.25, -0.2) is 0 Å². The molecule has 0 unspecified atom stereocenters. The Labute approximate surface area is 163 Å². The van der Waals surface area contributed by atoms with E-state index >= 15 is 0 Å². The van der Waals surface area contributed by atoms with Crippen molar-refractivity contribution in [3.63, 3.8) is 0 Å². The predicted octanol–water partition coefficient (Wildman–Crippen LogP) is 2.72. The summed E-state index contributed by atoms with van der Waals surface area (Å²) in [7, 11) is 1.81. The Hall–Kier alpha value is -2.09. The average molecular weight is 387 g/mol. The molecule has 27 heavy (non-hydrogen) atoms. The van der Waals surface area contributed by atoms with Gasteiger partial charge in [0.05, 0.1) is 18.9 Å². The maximum absolute atomic E-state index is 9.20. The van der Waals surface area contributed by atoms with Gasteiger partial charge in [0.1, 0.15) is 0 Å². The Balaban J connectivity index is 1.22. The molecular weight excluding hydrogens is 360 g/mol. The summed E-state index contributed by atoms with van der Waals surface area (Å²) in [6.07, 6.45) is 0.977. The molecule has 1 aromatic carbocycles. The van der Waals surface area contributed by atoms with E-state index in [1.165, 1.54) is 15.8 Å². The molecule has 1 fully saturated rings. The van der Waals surface area contributed by atoms with Crippen molar-refractivity contribution in [2.75, 3.05) is 44.2 Å². The van der Waals surface area contributed by atoms with Gasteiger partial charge in [0.2, 0.25) is 5.88 Å². The van der Waals surface area contributed by atoms with Crippen molar-refractivity contribution in [1.29, 1.82) is 0 Å². The smallest absolute Gasteiger partial charge is 0.233 e. The van der Waals surface area contributed by atoms with Crippen LogP contribution in [0.25, 0.3) is 10.1 Å². The van der Waals surface area contributed by atoms with E-state index < -0.39 is 0 Å². The number of fused-ring (bicyclic) bond motifs is 1. The van der Waals surface area contributed by atoms with Crippen molar-refractivity contribution >= 4 is 27.1 Å². The first-order valence-corrected chi connectivity index (χ1v) is 10.3. The molecule has 6 nitrogen and oxygen atoms in total. The Bertz CT molecular complexity index is 883. The number of benzene rings is 1. The third-order valence-electron chi connectivity index (χ3n) is 5.17. The second kappa shape index (κ2) is 8.29. The van der Waals surface area contributed by atoms with Crippen molar-refractivity contribution in [1.82, 2.24) is 14.7 Å². The molecule has 1 saturated heterocycles. The van der Waals surface area contributed by atoms with Crippen molar-refractivity contribution in [3.8, 4) is 5.88 Å². The first-order chi connectivity index (χ1) is 13.2. The van der Waals surface area contributed by atoms with Gasteiger partial charge in [-0.3, -0.25) is 9.58 Å². The molecule has 0 atom stereocenters. The minimum atomic E-state index is -0.0176. The summed E-state index contributed by atoms with van der Waals surface area (Å²) in [6.45, 7) is 5.96. The van der Waals surface area contributed by atoms with E-state index in [0.29, 0.717) is 12.5 Å². The summed E-state index contributed by atoms with van der Waals surface area (Å²) in [6, 6.07) is 10.6. The highest BCUT2D eigenvalue weighted by molar-refractivity contribution is 7.17. The van der Waals surface area contributed by atoms with Crippen molar-refractivity contribution in [3.05, 3.63) is 41.4 Å². The number of aliphatic hydroxyl groups excluding tert-OH is 1. The van der Waals surface area contributed by atoms with Gasteiger partial charge in [0.25, 0.3) is 0 Å². The normalized spacial score (nSPS) is 15.6. The third kappa shape index (κ3) is 4.10. The highest BCUT2D eigenvalue weighted by Crippen LogP contribution is 2.31. The van der Waals surface area contributed by atoms with E-state index in [-0.39, 0.29) is 6.61 Å². The van der Waals surface area contributed by atoms with Crippen LogP contribution >= 0.6 is 11.3 Å². The van der Waals surface area contributed by atoms with Gasteiger partial charge < -0.3 is 14.7 Å². The van der Waals surface area contributed by atoms with Crippen LogP contribution in [-0.2, 0) is 13.7 Å². The van der Waals surface area contributed by atoms with Crippen LogP contribution in [0.4, 0.5) is 5.69 Å². The standard InChI is InChI=1S/C20H26N4O2S/c1-22-16(15-25)14-20(21-22)26-12-3-7-23-8-10-24(11-9-23)18-4-2-5-19-17(18)6-13-27-19/h2,4-6,13-14,25H,3,7-12,15H2,1H3. The summed E-state index contributed by atoms with van der Waals surface area (Å²) in [5.74, 6) is 0.593. The van der Waals surface area contributed by atoms with E-state index in [1.54, 1.807) is 10.7 Å². The highest BCUT2D eigenvalue weighted by Gasteiger charge is 2.18. The molecule has 3 heterocycles. The fraction of sp³-hybridized carbons (Fsp3) is 0.450. The van der Waals surface area contributed by atoms with Gasteiger partial charge in [-0.15, -0.1) is 16.4 Å². The first-order valence-electron chi connectivity index (χ1n) is 9.44. The second-order valence-electron chi connectivity index (χ2n) is 6.90. The van der Waals surface area contributed by atoms with Crippen molar-refractivity contribution in [2.24, 2.45) is 7.05 Å². The quantitative estimate of drug-likeness (QED) is 0.633. The number of hydrogen-bond acceptors (Lipinski definition) is 6. The number of rotatable bonds is 7. The molecule has 7 heteroatoms. The molecule has 0 saturated carbocycles. The molecular formula is C20H26N4O2S. The minimum absolute atomic E-state index is 0.0176. The number of aliphatic hydroxyl groups is 1.